The molecule has 0 spiro atoms. The Morgan fingerprint density at radius 3 is 2.91 bits per heavy atom. The summed E-state index contributed by atoms with van der Waals surface area (Å²) in [5, 5.41) is 11.2. The summed E-state index contributed by atoms with van der Waals surface area (Å²) in [6, 6.07) is 6.81. The minimum atomic E-state index is -0.290. The number of hydrogen-bond donors (Lipinski definition) is 1. The molecule has 35 heavy (non-hydrogen) atoms. The number of anilines is 1. The number of ketones is 1. The molecule has 4 heterocycles. The molecule has 5 rings (SSSR count). The van der Waals surface area contributed by atoms with Crippen LogP contribution in [0.1, 0.15) is 34.2 Å². The minimum Gasteiger partial charge on any atom is -0.493 e. The van der Waals surface area contributed by atoms with E-state index in [-0.39, 0.29) is 18.1 Å². The molecule has 178 valence electrons. The fourth-order valence-electron chi connectivity index (χ4n) is 4.58. The number of rotatable bonds is 6. The van der Waals surface area contributed by atoms with E-state index in [0.29, 0.717) is 52.6 Å². The van der Waals surface area contributed by atoms with Crippen LogP contribution in [0.5, 0.6) is 5.75 Å². The molecule has 0 saturated heterocycles. The fraction of sp³-hybridized carbons (Fsp3) is 0.240. The molecule has 1 aliphatic rings. The van der Waals surface area contributed by atoms with Crippen LogP contribution in [0, 0.1) is 12.7 Å². The maximum Gasteiger partial charge on any atom is 0.204 e. The zero-order valence-corrected chi connectivity index (χ0v) is 19.7. The number of carbonyl (C=O) groups excluding carboxylic acids is 1. The lowest BCUT2D eigenvalue weighted by Gasteiger charge is -2.15. The van der Waals surface area contributed by atoms with Crippen molar-refractivity contribution in [1.82, 2.24) is 18.9 Å². The van der Waals surface area contributed by atoms with E-state index in [2.05, 4.69) is 32.2 Å². The number of Topliss-reactive ketones (excluding diaryl/α,β-unsaturated/α-hetero) is 1. The SMILES string of the molecule is C=N/N=c1/c(-c2cccn3c(C(C)=O)c(C)nc23)cnc(NCc2c(F)ccc3c2CCO3)n1C. The number of fused-ring (bicyclic) bond motifs is 2. The molecule has 0 unspecified atom stereocenters. The predicted molar refractivity (Wildman–Crippen MR) is 130 cm³/mol. The number of aryl methyl sites for hydroxylation is 1. The monoisotopic (exact) mass is 473 g/mol. The van der Waals surface area contributed by atoms with Gasteiger partial charge in [-0.2, -0.15) is 5.10 Å². The van der Waals surface area contributed by atoms with Crippen molar-refractivity contribution < 1.29 is 13.9 Å². The van der Waals surface area contributed by atoms with Crippen LogP contribution in [-0.4, -0.2) is 38.0 Å². The molecule has 4 aromatic rings. The molecule has 9 nitrogen and oxygen atoms in total. The quantitative estimate of drug-likeness (QED) is 0.263. The molecule has 1 aromatic carbocycles. The van der Waals surface area contributed by atoms with Gasteiger partial charge in [-0.05, 0) is 31.2 Å². The number of ether oxygens (including phenoxy) is 1. The molecule has 10 heteroatoms. The minimum absolute atomic E-state index is 0.0712. The summed E-state index contributed by atoms with van der Waals surface area (Å²) in [5.74, 6) is 0.831. The lowest BCUT2D eigenvalue weighted by Crippen LogP contribution is -2.25. The van der Waals surface area contributed by atoms with Gasteiger partial charge in [-0.3, -0.25) is 13.8 Å². The van der Waals surface area contributed by atoms with Crippen molar-refractivity contribution >= 4 is 24.1 Å². The Labute approximate surface area is 200 Å². The third kappa shape index (κ3) is 3.76. The number of benzene rings is 1. The lowest BCUT2D eigenvalue weighted by molar-refractivity contribution is 0.101. The van der Waals surface area contributed by atoms with Crippen molar-refractivity contribution in [2.24, 2.45) is 17.3 Å². The predicted octanol–water partition coefficient (Wildman–Crippen LogP) is 3.45. The van der Waals surface area contributed by atoms with Gasteiger partial charge in [0.2, 0.25) is 5.95 Å². The zero-order chi connectivity index (χ0) is 24.7. The number of pyridine rings is 1. The van der Waals surface area contributed by atoms with Crippen molar-refractivity contribution in [3.63, 3.8) is 0 Å². The highest BCUT2D eigenvalue weighted by molar-refractivity contribution is 5.95. The van der Waals surface area contributed by atoms with Crippen LogP contribution >= 0.6 is 0 Å². The molecule has 0 atom stereocenters. The highest BCUT2D eigenvalue weighted by Crippen LogP contribution is 2.30. The first-order valence-corrected chi connectivity index (χ1v) is 11.1. The number of imidazole rings is 1. The Kier molecular flexibility index (Phi) is 5.64. The summed E-state index contributed by atoms with van der Waals surface area (Å²) in [5.41, 5.74) is 5.10. The third-order valence-corrected chi connectivity index (χ3v) is 6.17. The Morgan fingerprint density at radius 2 is 2.14 bits per heavy atom. The Bertz CT molecular complexity index is 1570. The molecule has 0 radical (unpaired) electrons. The Morgan fingerprint density at radius 1 is 1.31 bits per heavy atom. The van der Waals surface area contributed by atoms with Crippen molar-refractivity contribution in [3.05, 3.63) is 70.5 Å². The summed E-state index contributed by atoms with van der Waals surface area (Å²) in [7, 11) is 1.79. The molecule has 3 aromatic heterocycles. The molecule has 0 fully saturated rings. The Balaban J connectivity index is 1.58. The number of carbonyl (C=O) groups is 1. The molecule has 0 aliphatic carbocycles. The number of hydrogen-bond acceptors (Lipinski definition) is 7. The number of nitrogens with one attached hydrogen (secondary N) is 1. The average molecular weight is 474 g/mol. The van der Waals surface area contributed by atoms with Gasteiger partial charge in [0.1, 0.15) is 22.9 Å². The van der Waals surface area contributed by atoms with Crippen LogP contribution in [-0.2, 0) is 20.0 Å². The molecule has 0 amide bonds. The zero-order valence-electron chi connectivity index (χ0n) is 19.7. The first-order valence-electron chi connectivity index (χ1n) is 11.1. The fourth-order valence-corrected chi connectivity index (χ4v) is 4.58. The first-order chi connectivity index (χ1) is 16.9. The van der Waals surface area contributed by atoms with Crippen molar-refractivity contribution in [2.75, 3.05) is 11.9 Å². The summed E-state index contributed by atoms with van der Waals surface area (Å²) in [4.78, 5) is 21.4. The van der Waals surface area contributed by atoms with E-state index in [1.807, 2.05) is 12.1 Å². The van der Waals surface area contributed by atoms with Crippen LogP contribution < -0.4 is 15.5 Å². The van der Waals surface area contributed by atoms with Gasteiger partial charge in [-0.25, -0.2) is 14.4 Å². The number of halogens is 1. The van der Waals surface area contributed by atoms with Gasteiger partial charge in [0.25, 0.3) is 0 Å². The number of nitrogens with zero attached hydrogens (tertiary/aromatic N) is 6. The van der Waals surface area contributed by atoms with E-state index >= 15 is 0 Å². The largest absolute Gasteiger partial charge is 0.493 e. The molecule has 1 aliphatic heterocycles. The summed E-state index contributed by atoms with van der Waals surface area (Å²) < 4.78 is 23.6. The van der Waals surface area contributed by atoms with E-state index in [0.717, 1.165) is 16.9 Å². The van der Waals surface area contributed by atoms with Crippen molar-refractivity contribution in [3.8, 4) is 16.9 Å². The normalized spacial score (nSPS) is 13.1. The maximum atomic E-state index is 14.6. The summed E-state index contributed by atoms with van der Waals surface area (Å²) in [6.45, 7) is 7.61. The smallest absolute Gasteiger partial charge is 0.204 e. The van der Waals surface area contributed by atoms with Gasteiger partial charge in [-0.1, -0.05) is 0 Å². The molecule has 0 bridgehead atoms. The lowest BCUT2D eigenvalue weighted by atomic mass is 10.0. The molecule has 0 saturated carbocycles. The van der Waals surface area contributed by atoms with Gasteiger partial charge in [-0.15, -0.1) is 5.10 Å². The second kappa shape index (κ2) is 8.79. The van der Waals surface area contributed by atoms with Crippen molar-refractivity contribution in [2.45, 2.75) is 26.8 Å². The van der Waals surface area contributed by atoms with Crippen LogP contribution in [0.2, 0.25) is 0 Å². The van der Waals surface area contributed by atoms with Crippen LogP contribution in [0.15, 0.2) is 46.9 Å². The molecule has 1 N–H and O–H groups in total. The van der Waals surface area contributed by atoms with E-state index in [1.54, 1.807) is 41.4 Å². The number of aromatic nitrogens is 4. The summed E-state index contributed by atoms with van der Waals surface area (Å²) in [6.07, 6.45) is 4.13. The highest BCUT2D eigenvalue weighted by Gasteiger charge is 2.21. The van der Waals surface area contributed by atoms with Crippen LogP contribution in [0.4, 0.5) is 10.3 Å². The van der Waals surface area contributed by atoms with Crippen LogP contribution in [0.25, 0.3) is 16.8 Å². The van der Waals surface area contributed by atoms with E-state index < -0.39 is 0 Å². The average Bonchev–Trinajstić information content (AvgIpc) is 3.44. The van der Waals surface area contributed by atoms with E-state index in [4.69, 9.17) is 4.74 Å². The summed E-state index contributed by atoms with van der Waals surface area (Å²) >= 11 is 0. The van der Waals surface area contributed by atoms with E-state index in [1.165, 1.54) is 13.0 Å². The molecular weight excluding hydrogens is 449 g/mol. The van der Waals surface area contributed by atoms with Gasteiger partial charge in [0.15, 0.2) is 11.3 Å². The standard InChI is InChI=1S/C25H24FN7O2/c1-14-22(15(2)34)33-10-5-6-17(23(33)30-14)19-13-29-25(32(4)24(19)31-27-3)28-12-18-16-9-11-35-21(16)8-7-20(18)26/h5-8,10,13H,3,9,11-12H2,1-2,4H3,(H,28,29)/b31-24-. The van der Waals surface area contributed by atoms with Gasteiger partial charge in [0.05, 0.1) is 12.3 Å². The first kappa shape index (κ1) is 22.5. The maximum absolute atomic E-state index is 14.6. The van der Waals surface area contributed by atoms with Gasteiger partial charge >= 0.3 is 0 Å². The van der Waals surface area contributed by atoms with Gasteiger partial charge < -0.3 is 10.1 Å². The molecular formula is C25H24FN7O2. The Hall–Kier alpha value is -4.34. The van der Waals surface area contributed by atoms with Gasteiger partial charge in [0, 0.05) is 68.3 Å². The third-order valence-electron chi connectivity index (χ3n) is 6.17. The second-order valence-electron chi connectivity index (χ2n) is 8.29. The van der Waals surface area contributed by atoms with Crippen LogP contribution in [0.3, 0.4) is 0 Å². The topological polar surface area (TPSA) is 98.2 Å². The second-order valence-corrected chi connectivity index (χ2v) is 8.29. The highest BCUT2D eigenvalue weighted by atomic mass is 19.1. The van der Waals surface area contributed by atoms with Crippen molar-refractivity contribution in [1.29, 1.82) is 0 Å². The van der Waals surface area contributed by atoms with E-state index in [9.17, 15) is 9.18 Å².